The van der Waals surface area contributed by atoms with Crippen molar-refractivity contribution in [3.8, 4) is 0 Å². The van der Waals surface area contributed by atoms with Gasteiger partial charge in [-0.1, -0.05) is 51.9 Å². The molecule has 1 rings (SSSR count). The Labute approximate surface area is 88.9 Å². The van der Waals surface area contributed by atoms with Gasteiger partial charge in [-0.2, -0.15) is 0 Å². The topological polar surface area (TPSA) is 20.2 Å². The highest BCUT2D eigenvalue weighted by molar-refractivity contribution is 4.74. The van der Waals surface area contributed by atoms with Crippen molar-refractivity contribution in [2.24, 2.45) is 5.92 Å². The van der Waals surface area contributed by atoms with Gasteiger partial charge >= 0.3 is 0 Å². The van der Waals surface area contributed by atoms with Gasteiger partial charge in [-0.05, 0) is 25.2 Å². The first-order valence-electron chi connectivity index (χ1n) is 6.52. The molecule has 14 heavy (non-hydrogen) atoms. The van der Waals surface area contributed by atoms with Crippen LogP contribution in [0.2, 0.25) is 0 Å². The molecule has 1 fully saturated rings. The van der Waals surface area contributed by atoms with E-state index in [0.29, 0.717) is 5.92 Å². The molecule has 0 radical (unpaired) electrons. The lowest BCUT2D eigenvalue weighted by atomic mass is 9.83. The molecule has 0 saturated heterocycles. The summed E-state index contributed by atoms with van der Waals surface area (Å²) in [7, 11) is 0. The standard InChI is InChI=1S/C13H26O/c1-2-3-4-5-6-9-12-10-7-8-11-13(12)14/h12-14H,2-11H2,1H3/t12-,13-/m1/s1. The molecule has 0 aromatic rings. The van der Waals surface area contributed by atoms with E-state index in [1.807, 2.05) is 0 Å². The van der Waals surface area contributed by atoms with Crippen LogP contribution >= 0.6 is 0 Å². The zero-order valence-corrected chi connectivity index (χ0v) is 9.67. The molecule has 2 atom stereocenters. The minimum absolute atomic E-state index is 0.0231. The van der Waals surface area contributed by atoms with E-state index in [1.165, 1.54) is 57.8 Å². The number of aliphatic hydroxyl groups is 1. The van der Waals surface area contributed by atoms with E-state index in [1.54, 1.807) is 0 Å². The van der Waals surface area contributed by atoms with Gasteiger partial charge in [0.2, 0.25) is 0 Å². The van der Waals surface area contributed by atoms with Crippen molar-refractivity contribution in [3.05, 3.63) is 0 Å². The fourth-order valence-electron chi connectivity index (χ4n) is 2.53. The third-order valence-electron chi connectivity index (χ3n) is 3.55. The first-order valence-corrected chi connectivity index (χ1v) is 6.52. The van der Waals surface area contributed by atoms with E-state index in [9.17, 15) is 5.11 Å². The summed E-state index contributed by atoms with van der Waals surface area (Å²) >= 11 is 0. The third kappa shape index (κ3) is 4.45. The second-order valence-electron chi connectivity index (χ2n) is 4.81. The Morgan fingerprint density at radius 2 is 1.71 bits per heavy atom. The molecule has 84 valence electrons. The fourth-order valence-corrected chi connectivity index (χ4v) is 2.53. The van der Waals surface area contributed by atoms with Gasteiger partial charge in [-0.3, -0.25) is 0 Å². The van der Waals surface area contributed by atoms with Gasteiger partial charge in [0.15, 0.2) is 0 Å². The SMILES string of the molecule is CCCCCCC[C@@H]1CCCC[C@H]1O. The molecule has 0 spiro atoms. The largest absolute Gasteiger partial charge is 0.393 e. The summed E-state index contributed by atoms with van der Waals surface area (Å²) in [4.78, 5) is 0. The minimum atomic E-state index is 0.0231. The molecule has 0 amide bonds. The van der Waals surface area contributed by atoms with Crippen LogP contribution in [0.15, 0.2) is 0 Å². The Hall–Kier alpha value is -0.0400. The van der Waals surface area contributed by atoms with Crippen molar-refractivity contribution >= 4 is 0 Å². The molecule has 0 bridgehead atoms. The van der Waals surface area contributed by atoms with Gasteiger partial charge in [0.1, 0.15) is 0 Å². The van der Waals surface area contributed by atoms with E-state index in [-0.39, 0.29) is 6.10 Å². The third-order valence-corrected chi connectivity index (χ3v) is 3.55. The maximum atomic E-state index is 9.77. The Morgan fingerprint density at radius 3 is 2.43 bits per heavy atom. The monoisotopic (exact) mass is 198 g/mol. The van der Waals surface area contributed by atoms with Crippen molar-refractivity contribution in [2.45, 2.75) is 77.2 Å². The summed E-state index contributed by atoms with van der Waals surface area (Å²) in [5.41, 5.74) is 0. The number of aliphatic hydroxyl groups excluding tert-OH is 1. The maximum absolute atomic E-state index is 9.77. The summed E-state index contributed by atoms with van der Waals surface area (Å²) in [6.07, 6.45) is 13.0. The molecule has 1 N–H and O–H groups in total. The highest BCUT2D eigenvalue weighted by Gasteiger charge is 2.21. The van der Waals surface area contributed by atoms with Crippen molar-refractivity contribution in [3.63, 3.8) is 0 Å². The van der Waals surface area contributed by atoms with E-state index in [0.717, 1.165) is 6.42 Å². The van der Waals surface area contributed by atoms with Crippen LogP contribution in [0.25, 0.3) is 0 Å². The Kier molecular flexibility index (Phi) is 6.25. The molecule has 1 aliphatic carbocycles. The molecule has 1 saturated carbocycles. The van der Waals surface area contributed by atoms with Crippen LogP contribution in [-0.2, 0) is 0 Å². The number of hydrogen-bond acceptors (Lipinski definition) is 1. The quantitative estimate of drug-likeness (QED) is 0.642. The second kappa shape index (κ2) is 7.28. The molecule has 0 aliphatic heterocycles. The van der Waals surface area contributed by atoms with Gasteiger partial charge in [-0.15, -0.1) is 0 Å². The zero-order chi connectivity index (χ0) is 10.2. The average Bonchev–Trinajstić information content (AvgIpc) is 2.20. The van der Waals surface area contributed by atoms with E-state index in [2.05, 4.69) is 6.92 Å². The summed E-state index contributed by atoms with van der Waals surface area (Å²) in [6, 6.07) is 0. The molecule has 0 aromatic heterocycles. The minimum Gasteiger partial charge on any atom is -0.393 e. The van der Waals surface area contributed by atoms with Crippen LogP contribution < -0.4 is 0 Å². The molecule has 0 aromatic carbocycles. The summed E-state index contributed by atoms with van der Waals surface area (Å²) in [5, 5.41) is 9.77. The van der Waals surface area contributed by atoms with Crippen LogP contribution in [0.5, 0.6) is 0 Å². The molecule has 0 heterocycles. The average molecular weight is 198 g/mol. The fraction of sp³-hybridized carbons (Fsp3) is 1.00. The summed E-state index contributed by atoms with van der Waals surface area (Å²) in [5.74, 6) is 0.630. The van der Waals surface area contributed by atoms with Gasteiger partial charge < -0.3 is 5.11 Å². The van der Waals surface area contributed by atoms with Crippen molar-refractivity contribution in [1.29, 1.82) is 0 Å². The second-order valence-corrected chi connectivity index (χ2v) is 4.81. The molecule has 1 nitrogen and oxygen atoms in total. The number of hydrogen-bond donors (Lipinski definition) is 1. The number of rotatable bonds is 6. The molecular formula is C13H26O. The van der Waals surface area contributed by atoms with Crippen molar-refractivity contribution in [2.75, 3.05) is 0 Å². The number of unbranched alkanes of at least 4 members (excludes halogenated alkanes) is 4. The Morgan fingerprint density at radius 1 is 1.00 bits per heavy atom. The van der Waals surface area contributed by atoms with Crippen LogP contribution in [0.3, 0.4) is 0 Å². The van der Waals surface area contributed by atoms with Crippen molar-refractivity contribution in [1.82, 2.24) is 0 Å². The van der Waals surface area contributed by atoms with Crippen molar-refractivity contribution < 1.29 is 5.11 Å². The predicted molar refractivity (Wildman–Crippen MR) is 61.3 cm³/mol. The lowest BCUT2D eigenvalue weighted by molar-refractivity contribution is 0.0639. The van der Waals surface area contributed by atoms with E-state index >= 15 is 0 Å². The molecule has 1 heteroatoms. The van der Waals surface area contributed by atoms with Crippen LogP contribution in [0.1, 0.15) is 71.1 Å². The Bertz CT molecular complexity index is 133. The smallest absolute Gasteiger partial charge is 0.0568 e. The first kappa shape index (κ1) is 12.0. The zero-order valence-electron chi connectivity index (χ0n) is 9.67. The van der Waals surface area contributed by atoms with Crippen LogP contribution in [0, 0.1) is 5.92 Å². The van der Waals surface area contributed by atoms with Crippen LogP contribution in [-0.4, -0.2) is 11.2 Å². The lowest BCUT2D eigenvalue weighted by Crippen LogP contribution is -2.24. The van der Waals surface area contributed by atoms with E-state index < -0.39 is 0 Å². The van der Waals surface area contributed by atoms with Gasteiger partial charge in [0, 0.05) is 0 Å². The maximum Gasteiger partial charge on any atom is 0.0568 e. The normalized spacial score (nSPS) is 27.9. The molecular weight excluding hydrogens is 172 g/mol. The Balaban J connectivity index is 1.99. The predicted octanol–water partition coefficient (Wildman–Crippen LogP) is 3.90. The summed E-state index contributed by atoms with van der Waals surface area (Å²) in [6.45, 7) is 2.25. The molecule has 0 unspecified atom stereocenters. The molecule has 1 aliphatic rings. The van der Waals surface area contributed by atoms with Gasteiger partial charge in [0.25, 0.3) is 0 Å². The lowest BCUT2D eigenvalue weighted by Gasteiger charge is -2.27. The highest BCUT2D eigenvalue weighted by atomic mass is 16.3. The van der Waals surface area contributed by atoms with Gasteiger partial charge in [-0.25, -0.2) is 0 Å². The van der Waals surface area contributed by atoms with Crippen LogP contribution in [0.4, 0.5) is 0 Å². The summed E-state index contributed by atoms with van der Waals surface area (Å²) < 4.78 is 0. The highest BCUT2D eigenvalue weighted by Crippen LogP contribution is 2.28. The first-order chi connectivity index (χ1) is 6.84. The van der Waals surface area contributed by atoms with Gasteiger partial charge in [0.05, 0.1) is 6.10 Å². The van der Waals surface area contributed by atoms with E-state index in [4.69, 9.17) is 0 Å².